The third-order valence-electron chi connectivity index (χ3n) is 3.67. The third kappa shape index (κ3) is 2.41. The van der Waals surface area contributed by atoms with Crippen LogP contribution in [0.2, 0.25) is 5.02 Å². The number of hydrogen-bond donors (Lipinski definition) is 0. The Hall–Kier alpha value is -2.60. The first-order valence-electron chi connectivity index (χ1n) is 6.98. The van der Waals surface area contributed by atoms with E-state index in [0.29, 0.717) is 22.3 Å². The van der Waals surface area contributed by atoms with Gasteiger partial charge in [0, 0.05) is 5.02 Å². The van der Waals surface area contributed by atoms with Crippen molar-refractivity contribution in [2.24, 2.45) is 0 Å². The Bertz CT molecular complexity index is 947. The van der Waals surface area contributed by atoms with Crippen molar-refractivity contribution in [3.8, 4) is 11.4 Å². The van der Waals surface area contributed by atoms with Crippen molar-refractivity contribution >= 4 is 11.6 Å². The number of halogens is 2. The van der Waals surface area contributed by atoms with Gasteiger partial charge in [-0.05, 0) is 35.9 Å². The lowest BCUT2D eigenvalue weighted by Gasteiger charge is -2.17. The zero-order chi connectivity index (χ0) is 16.0. The summed E-state index contributed by atoms with van der Waals surface area (Å²) in [6, 6.07) is 11.1. The standard InChI is InChI=1S/C16H11ClFN3O2/c17-11-3-6-14-13(7-11)21-15(9-23-14)19-20(16(21)22)8-10-1-4-12(18)5-2-10/h1-7H,8-9H2. The van der Waals surface area contributed by atoms with E-state index in [2.05, 4.69) is 5.10 Å². The number of nitrogens with zero attached hydrogens (tertiary/aromatic N) is 3. The summed E-state index contributed by atoms with van der Waals surface area (Å²) in [5.74, 6) is 0.777. The molecule has 23 heavy (non-hydrogen) atoms. The quantitative estimate of drug-likeness (QED) is 0.725. The Morgan fingerprint density at radius 3 is 2.78 bits per heavy atom. The van der Waals surface area contributed by atoms with E-state index in [0.717, 1.165) is 5.56 Å². The number of benzene rings is 2. The monoisotopic (exact) mass is 331 g/mol. The van der Waals surface area contributed by atoms with Crippen molar-refractivity contribution in [1.82, 2.24) is 14.3 Å². The minimum absolute atomic E-state index is 0.209. The smallest absolute Gasteiger partial charge is 0.351 e. The molecular weight excluding hydrogens is 321 g/mol. The minimum Gasteiger partial charge on any atom is -0.483 e. The number of ether oxygens (including phenoxy) is 1. The Labute approximate surface area is 135 Å². The van der Waals surface area contributed by atoms with Gasteiger partial charge in [-0.15, -0.1) is 0 Å². The van der Waals surface area contributed by atoms with Crippen molar-refractivity contribution in [2.45, 2.75) is 13.2 Å². The van der Waals surface area contributed by atoms with E-state index >= 15 is 0 Å². The van der Waals surface area contributed by atoms with Gasteiger partial charge in [0.25, 0.3) is 0 Å². The minimum atomic E-state index is -0.317. The Morgan fingerprint density at radius 2 is 2.00 bits per heavy atom. The summed E-state index contributed by atoms with van der Waals surface area (Å²) in [5, 5.41) is 4.81. The maximum Gasteiger partial charge on any atom is 0.351 e. The average Bonchev–Trinajstić information content (AvgIpc) is 2.86. The fraction of sp³-hybridized carbons (Fsp3) is 0.125. The molecule has 0 fully saturated rings. The molecule has 7 heteroatoms. The maximum atomic E-state index is 13.0. The molecule has 2 heterocycles. The van der Waals surface area contributed by atoms with Crippen LogP contribution in [0.25, 0.3) is 5.69 Å². The van der Waals surface area contributed by atoms with Gasteiger partial charge in [0.1, 0.15) is 18.2 Å². The highest BCUT2D eigenvalue weighted by Gasteiger charge is 2.23. The van der Waals surface area contributed by atoms with Crippen LogP contribution in [0, 0.1) is 5.82 Å². The van der Waals surface area contributed by atoms with Crippen LogP contribution in [0.15, 0.2) is 47.3 Å². The van der Waals surface area contributed by atoms with E-state index in [1.807, 2.05) is 0 Å². The molecule has 1 aliphatic rings. The topological polar surface area (TPSA) is 49.0 Å². The molecule has 0 saturated carbocycles. The molecule has 1 aliphatic heterocycles. The molecule has 3 aromatic rings. The Balaban J connectivity index is 1.78. The molecule has 2 aromatic carbocycles. The molecular formula is C16H11ClFN3O2. The first-order chi connectivity index (χ1) is 11.1. The third-order valence-corrected chi connectivity index (χ3v) is 3.91. The lowest BCUT2D eigenvalue weighted by molar-refractivity contribution is 0.278. The summed E-state index contributed by atoms with van der Waals surface area (Å²) >= 11 is 6.01. The van der Waals surface area contributed by atoms with E-state index in [-0.39, 0.29) is 24.7 Å². The van der Waals surface area contributed by atoms with Crippen LogP contribution in [0.5, 0.6) is 5.75 Å². The van der Waals surface area contributed by atoms with Crippen molar-refractivity contribution in [1.29, 1.82) is 0 Å². The Kier molecular flexibility index (Phi) is 3.20. The molecule has 0 unspecified atom stereocenters. The maximum absolute atomic E-state index is 13.0. The molecule has 0 saturated heterocycles. The van der Waals surface area contributed by atoms with E-state index in [1.54, 1.807) is 30.3 Å². The van der Waals surface area contributed by atoms with Gasteiger partial charge < -0.3 is 4.74 Å². The number of rotatable bonds is 2. The predicted octanol–water partition coefficient (Wildman–Crippen LogP) is 2.77. The van der Waals surface area contributed by atoms with Crippen molar-refractivity contribution < 1.29 is 9.13 Å². The second-order valence-corrected chi connectivity index (χ2v) is 5.66. The molecule has 1 aromatic heterocycles. The highest BCUT2D eigenvalue weighted by atomic mass is 35.5. The van der Waals surface area contributed by atoms with Crippen LogP contribution in [0.1, 0.15) is 11.4 Å². The number of aromatic nitrogens is 3. The second-order valence-electron chi connectivity index (χ2n) is 5.22. The molecule has 0 radical (unpaired) electrons. The average molecular weight is 332 g/mol. The first kappa shape index (κ1) is 14.0. The summed E-state index contributed by atoms with van der Waals surface area (Å²) in [5.41, 5.74) is 1.08. The van der Waals surface area contributed by atoms with Crippen molar-refractivity contribution in [3.05, 3.63) is 75.2 Å². The van der Waals surface area contributed by atoms with Gasteiger partial charge in [-0.2, -0.15) is 5.10 Å². The zero-order valence-corrected chi connectivity index (χ0v) is 12.6. The van der Waals surface area contributed by atoms with Crippen LogP contribution < -0.4 is 10.4 Å². The van der Waals surface area contributed by atoms with Crippen LogP contribution in [-0.2, 0) is 13.2 Å². The number of fused-ring (bicyclic) bond motifs is 3. The SMILES string of the molecule is O=c1n(Cc2ccc(F)cc2)nc2n1-c1cc(Cl)ccc1OC2. The molecule has 0 N–H and O–H groups in total. The summed E-state index contributed by atoms with van der Waals surface area (Å²) in [7, 11) is 0. The second kappa shape index (κ2) is 5.24. The molecule has 0 aliphatic carbocycles. The normalized spacial score (nSPS) is 12.4. The van der Waals surface area contributed by atoms with Gasteiger partial charge >= 0.3 is 5.69 Å². The van der Waals surface area contributed by atoms with Crippen LogP contribution in [0.4, 0.5) is 4.39 Å². The van der Waals surface area contributed by atoms with Gasteiger partial charge in [-0.3, -0.25) is 0 Å². The van der Waals surface area contributed by atoms with Crippen LogP contribution in [0.3, 0.4) is 0 Å². The van der Waals surface area contributed by atoms with E-state index in [9.17, 15) is 9.18 Å². The van der Waals surface area contributed by atoms with Gasteiger partial charge in [-0.25, -0.2) is 18.4 Å². The molecule has 116 valence electrons. The Morgan fingerprint density at radius 1 is 1.22 bits per heavy atom. The summed E-state index contributed by atoms with van der Waals surface area (Å²) in [6.45, 7) is 0.468. The highest BCUT2D eigenvalue weighted by Crippen LogP contribution is 2.30. The molecule has 5 nitrogen and oxygen atoms in total. The van der Waals surface area contributed by atoms with Gasteiger partial charge in [0.05, 0.1) is 12.2 Å². The first-order valence-corrected chi connectivity index (χ1v) is 7.35. The van der Waals surface area contributed by atoms with Crippen molar-refractivity contribution in [2.75, 3.05) is 0 Å². The molecule has 0 spiro atoms. The molecule has 0 atom stereocenters. The summed E-state index contributed by atoms with van der Waals surface area (Å²) in [4.78, 5) is 12.6. The zero-order valence-electron chi connectivity index (χ0n) is 11.9. The van der Waals surface area contributed by atoms with Crippen LogP contribution >= 0.6 is 11.6 Å². The van der Waals surface area contributed by atoms with Gasteiger partial charge in [0.15, 0.2) is 5.82 Å². The van der Waals surface area contributed by atoms with E-state index < -0.39 is 0 Å². The van der Waals surface area contributed by atoms with Gasteiger partial charge in [-0.1, -0.05) is 23.7 Å². The summed E-state index contributed by atoms with van der Waals surface area (Å²) in [6.07, 6.45) is 0. The molecule has 0 bridgehead atoms. The molecule has 0 amide bonds. The largest absolute Gasteiger partial charge is 0.483 e. The van der Waals surface area contributed by atoms with Crippen molar-refractivity contribution in [3.63, 3.8) is 0 Å². The van der Waals surface area contributed by atoms with E-state index in [1.165, 1.54) is 21.4 Å². The number of hydrogen-bond acceptors (Lipinski definition) is 3. The van der Waals surface area contributed by atoms with Gasteiger partial charge in [0.2, 0.25) is 0 Å². The van der Waals surface area contributed by atoms with E-state index in [4.69, 9.17) is 16.3 Å². The lowest BCUT2D eigenvalue weighted by atomic mass is 10.2. The fourth-order valence-corrected chi connectivity index (χ4v) is 2.75. The molecule has 4 rings (SSSR count). The fourth-order valence-electron chi connectivity index (χ4n) is 2.58. The predicted molar refractivity (Wildman–Crippen MR) is 82.7 cm³/mol. The van der Waals surface area contributed by atoms with Crippen LogP contribution in [-0.4, -0.2) is 14.3 Å². The lowest BCUT2D eigenvalue weighted by Crippen LogP contribution is -2.26. The highest BCUT2D eigenvalue weighted by molar-refractivity contribution is 6.30. The summed E-state index contributed by atoms with van der Waals surface area (Å²) < 4.78 is 21.4.